The van der Waals surface area contributed by atoms with E-state index in [1.165, 1.54) is 0 Å². The minimum absolute atomic E-state index is 0.683. The van der Waals surface area contributed by atoms with Crippen LogP contribution in [0.1, 0.15) is 6.42 Å². The SMILES string of the molecule is COCCn1ccnc1NCCCOc1ccccc1. The number of rotatable bonds is 9. The molecule has 1 aromatic heterocycles. The van der Waals surface area contributed by atoms with E-state index in [0.29, 0.717) is 13.2 Å². The molecule has 0 atom stereocenters. The highest BCUT2D eigenvalue weighted by Gasteiger charge is 2.01. The zero-order valence-corrected chi connectivity index (χ0v) is 11.8. The molecule has 20 heavy (non-hydrogen) atoms. The Balaban J connectivity index is 1.65. The Labute approximate surface area is 119 Å². The second kappa shape index (κ2) is 8.22. The van der Waals surface area contributed by atoms with Gasteiger partial charge in [0.05, 0.1) is 13.2 Å². The fourth-order valence-corrected chi connectivity index (χ4v) is 1.83. The second-order valence-electron chi connectivity index (χ2n) is 4.38. The third-order valence-corrected chi connectivity index (χ3v) is 2.87. The zero-order chi connectivity index (χ0) is 14.0. The van der Waals surface area contributed by atoms with Crippen LogP contribution in [0.5, 0.6) is 5.75 Å². The molecular formula is C15H21N3O2. The van der Waals surface area contributed by atoms with E-state index in [-0.39, 0.29) is 0 Å². The van der Waals surface area contributed by atoms with Crippen molar-refractivity contribution in [3.63, 3.8) is 0 Å². The predicted molar refractivity (Wildman–Crippen MR) is 79.1 cm³/mol. The van der Waals surface area contributed by atoms with E-state index >= 15 is 0 Å². The van der Waals surface area contributed by atoms with Gasteiger partial charge in [-0.1, -0.05) is 18.2 Å². The smallest absolute Gasteiger partial charge is 0.202 e. The van der Waals surface area contributed by atoms with Crippen molar-refractivity contribution in [1.82, 2.24) is 9.55 Å². The van der Waals surface area contributed by atoms with Crippen LogP contribution in [-0.4, -0.2) is 36.4 Å². The summed E-state index contributed by atoms with van der Waals surface area (Å²) in [6, 6.07) is 9.85. The van der Waals surface area contributed by atoms with Gasteiger partial charge in [0, 0.05) is 32.6 Å². The Morgan fingerprint density at radius 3 is 2.85 bits per heavy atom. The molecule has 5 heteroatoms. The summed E-state index contributed by atoms with van der Waals surface area (Å²) in [5.74, 6) is 1.79. The van der Waals surface area contributed by atoms with Crippen molar-refractivity contribution in [3.05, 3.63) is 42.7 Å². The molecule has 0 fully saturated rings. The van der Waals surface area contributed by atoms with Crippen LogP contribution in [-0.2, 0) is 11.3 Å². The summed E-state index contributed by atoms with van der Waals surface area (Å²) >= 11 is 0. The number of para-hydroxylation sites is 1. The normalized spacial score (nSPS) is 10.4. The molecule has 0 unspecified atom stereocenters. The van der Waals surface area contributed by atoms with E-state index in [1.54, 1.807) is 13.3 Å². The van der Waals surface area contributed by atoms with Crippen LogP contribution < -0.4 is 10.1 Å². The lowest BCUT2D eigenvalue weighted by molar-refractivity contribution is 0.187. The van der Waals surface area contributed by atoms with E-state index in [1.807, 2.05) is 41.1 Å². The van der Waals surface area contributed by atoms with E-state index in [9.17, 15) is 0 Å². The lowest BCUT2D eigenvalue weighted by atomic mass is 10.3. The van der Waals surface area contributed by atoms with Crippen molar-refractivity contribution in [2.45, 2.75) is 13.0 Å². The maximum atomic E-state index is 5.63. The van der Waals surface area contributed by atoms with E-state index in [0.717, 1.165) is 31.2 Å². The highest BCUT2D eigenvalue weighted by atomic mass is 16.5. The van der Waals surface area contributed by atoms with Crippen molar-refractivity contribution >= 4 is 5.95 Å². The molecule has 0 spiro atoms. The summed E-state index contributed by atoms with van der Waals surface area (Å²) in [5, 5.41) is 3.30. The topological polar surface area (TPSA) is 48.3 Å². The van der Waals surface area contributed by atoms with Gasteiger partial charge in [-0.3, -0.25) is 0 Å². The van der Waals surface area contributed by atoms with Crippen LogP contribution in [0.2, 0.25) is 0 Å². The third-order valence-electron chi connectivity index (χ3n) is 2.87. The molecule has 0 aliphatic carbocycles. The van der Waals surface area contributed by atoms with Crippen molar-refractivity contribution in [2.24, 2.45) is 0 Å². The molecular weight excluding hydrogens is 254 g/mol. The summed E-state index contributed by atoms with van der Waals surface area (Å²) in [6.45, 7) is 3.01. The summed E-state index contributed by atoms with van der Waals surface area (Å²) in [5.41, 5.74) is 0. The van der Waals surface area contributed by atoms with E-state index in [4.69, 9.17) is 9.47 Å². The number of nitrogens with one attached hydrogen (secondary N) is 1. The molecule has 2 rings (SSSR count). The van der Waals surface area contributed by atoms with Crippen molar-refractivity contribution in [1.29, 1.82) is 0 Å². The molecule has 0 aliphatic heterocycles. The number of anilines is 1. The van der Waals surface area contributed by atoms with Gasteiger partial charge in [-0.25, -0.2) is 4.98 Å². The lowest BCUT2D eigenvalue weighted by Crippen LogP contribution is -2.13. The summed E-state index contributed by atoms with van der Waals surface area (Å²) in [4.78, 5) is 4.28. The lowest BCUT2D eigenvalue weighted by Gasteiger charge is -2.10. The fourth-order valence-electron chi connectivity index (χ4n) is 1.83. The molecule has 0 saturated carbocycles. The number of methoxy groups -OCH3 is 1. The number of aromatic nitrogens is 2. The van der Waals surface area contributed by atoms with Gasteiger partial charge in [-0.2, -0.15) is 0 Å². The molecule has 108 valence electrons. The molecule has 1 aromatic carbocycles. The number of hydrogen-bond donors (Lipinski definition) is 1. The summed E-state index contributed by atoms with van der Waals surface area (Å²) in [6.07, 6.45) is 4.66. The highest BCUT2D eigenvalue weighted by molar-refractivity contribution is 5.25. The van der Waals surface area contributed by atoms with Crippen LogP contribution in [0.25, 0.3) is 0 Å². The average Bonchev–Trinajstić information content (AvgIpc) is 2.93. The third kappa shape index (κ3) is 4.59. The van der Waals surface area contributed by atoms with Gasteiger partial charge >= 0.3 is 0 Å². The first-order chi connectivity index (χ1) is 9.90. The Morgan fingerprint density at radius 2 is 2.05 bits per heavy atom. The predicted octanol–water partition coefficient (Wildman–Crippen LogP) is 2.41. The van der Waals surface area contributed by atoms with Gasteiger partial charge in [0.25, 0.3) is 0 Å². The van der Waals surface area contributed by atoms with Crippen molar-refractivity contribution in [3.8, 4) is 5.75 Å². The van der Waals surface area contributed by atoms with Gasteiger partial charge in [-0.15, -0.1) is 0 Å². The van der Waals surface area contributed by atoms with Crippen LogP contribution in [0.15, 0.2) is 42.7 Å². The first-order valence-corrected chi connectivity index (χ1v) is 6.82. The molecule has 1 heterocycles. The number of ether oxygens (including phenoxy) is 2. The molecule has 5 nitrogen and oxygen atoms in total. The standard InChI is InChI=1S/C15H21N3O2/c1-19-13-11-18-10-9-17-15(18)16-8-5-12-20-14-6-3-2-4-7-14/h2-4,6-7,9-10H,5,8,11-13H2,1H3,(H,16,17). The number of imidazole rings is 1. The van der Waals surface area contributed by atoms with E-state index in [2.05, 4.69) is 10.3 Å². The monoisotopic (exact) mass is 275 g/mol. The molecule has 0 amide bonds. The minimum atomic E-state index is 0.683. The van der Waals surface area contributed by atoms with Gasteiger partial charge in [0.15, 0.2) is 0 Å². The van der Waals surface area contributed by atoms with Crippen LogP contribution in [0.4, 0.5) is 5.95 Å². The van der Waals surface area contributed by atoms with E-state index < -0.39 is 0 Å². The Bertz CT molecular complexity index is 485. The first-order valence-electron chi connectivity index (χ1n) is 6.82. The van der Waals surface area contributed by atoms with Crippen LogP contribution >= 0.6 is 0 Å². The Hall–Kier alpha value is -2.01. The molecule has 0 saturated heterocycles. The Kier molecular flexibility index (Phi) is 5.92. The van der Waals surface area contributed by atoms with Crippen LogP contribution in [0.3, 0.4) is 0 Å². The first kappa shape index (κ1) is 14.4. The Morgan fingerprint density at radius 1 is 1.20 bits per heavy atom. The maximum absolute atomic E-state index is 5.63. The average molecular weight is 275 g/mol. The van der Waals surface area contributed by atoms with Gasteiger partial charge < -0.3 is 19.4 Å². The molecule has 0 aliphatic rings. The number of hydrogen-bond acceptors (Lipinski definition) is 4. The van der Waals surface area contributed by atoms with Gasteiger partial charge in [-0.05, 0) is 18.6 Å². The van der Waals surface area contributed by atoms with Gasteiger partial charge in [0.1, 0.15) is 5.75 Å². The summed E-state index contributed by atoms with van der Waals surface area (Å²) < 4.78 is 12.7. The number of nitrogens with zero attached hydrogens (tertiary/aromatic N) is 2. The molecule has 0 bridgehead atoms. The van der Waals surface area contributed by atoms with Crippen LogP contribution in [0, 0.1) is 0 Å². The largest absolute Gasteiger partial charge is 0.494 e. The molecule has 1 N–H and O–H groups in total. The molecule has 0 radical (unpaired) electrons. The quantitative estimate of drug-likeness (QED) is 0.714. The van der Waals surface area contributed by atoms with Gasteiger partial charge in [0.2, 0.25) is 5.95 Å². The maximum Gasteiger partial charge on any atom is 0.202 e. The zero-order valence-electron chi connectivity index (χ0n) is 11.8. The minimum Gasteiger partial charge on any atom is -0.494 e. The van der Waals surface area contributed by atoms with Crippen molar-refractivity contribution < 1.29 is 9.47 Å². The van der Waals surface area contributed by atoms with Crippen molar-refractivity contribution in [2.75, 3.05) is 32.2 Å². The highest BCUT2D eigenvalue weighted by Crippen LogP contribution is 2.08. The second-order valence-corrected chi connectivity index (χ2v) is 4.38. The fraction of sp³-hybridized carbons (Fsp3) is 0.400. The number of benzene rings is 1. The molecule has 2 aromatic rings. The summed E-state index contributed by atoms with van der Waals surface area (Å²) in [7, 11) is 1.70.